The minimum atomic E-state index is -0.852. The minimum Gasteiger partial charge on any atom is -0.353 e. The fourth-order valence-corrected chi connectivity index (χ4v) is 4.54. The molecule has 4 amide bonds. The van der Waals surface area contributed by atoms with Gasteiger partial charge in [0, 0.05) is 12.6 Å². The van der Waals surface area contributed by atoms with E-state index in [0.717, 1.165) is 17.9 Å². The quantitative estimate of drug-likeness (QED) is 0.627. The van der Waals surface area contributed by atoms with Gasteiger partial charge in [0.1, 0.15) is 12.1 Å². The van der Waals surface area contributed by atoms with Crippen LogP contribution < -0.4 is 16.0 Å². The summed E-state index contributed by atoms with van der Waals surface area (Å²) in [6.45, 7) is 11.4. The van der Waals surface area contributed by atoms with Gasteiger partial charge in [-0.2, -0.15) is 0 Å². The third kappa shape index (κ3) is 4.51. The fraction of sp³-hybridized carbons (Fsp3) is 0.833. The smallest absolute Gasteiger partial charge is 0.325 e. The van der Waals surface area contributed by atoms with Crippen LogP contribution in [0.1, 0.15) is 53.9 Å². The summed E-state index contributed by atoms with van der Waals surface area (Å²) in [4.78, 5) is 38.5. The molecule has 2 fully saturated rings. The molecule has 0 aromatic carbocycles. The van der Waals surface area contributed by atoms with Crippen LogP contribution in [0.15, 0.2) is 0 Å². The van der Waals surface area contributed by atoms with E-state index in [9.17, 15) is 14.4 Å². The molecular weight excluding hydrogens is 320 g/mol. The van der Waals surface area contributed by atoms with Gasteiger partial charge in [-0.15, -0.1) is 0 Å². The predicted molar refractivity (Wildman–Crippen MR) is 95.9 cm³/mol. The number of carbonyl (C=O) groups is 3. The molecule has 2 rings (SSSR count). The zero-order chi connectivity index (χ0) is 18.8. The van der Waals surface area contributed by atoms with Crippen molar-refractivity contribution in [1.29, 1.82) is 0 Å². The Morgan fingerprint density at radius 2 is 2.04 bits per heavy atom. The molecule has 25 heavy (non-hydrogen) atoms. The first-order valence-corrected chi connectivity index (χ1v) is 9.23. The van der Waals surface area contributed by atoms with Gasteiger partial charge in [0.05, 0.1) is 0 Å². The highest BCUT2D eigenvalue weighted by atomic mass is 16.2. The summed E-state index contributed by atoms with van der Waals surface area (Å²) in [5, 5.41) is 8.86. The monoisotopic (exact) mass is 352 g/mol. The van der Waals surface area contributed by atoms with E-state index < -0.39 is 11.6 Å². The van der Waals surface area contributed by atoms with E-state index in [1.54, 1.807) is 0 Å². The maximum Gasteiger partial charge on any atom is 0.325 e. The van der Waals surface area contributed by atoms with Gasteiger partial charge < -0.3 is 16.0 Å². The summed E-state index contributed by atoms with van der Waals surface area (Å²) in [6, 6.07) is -0.312. The molecule has 1 aliphatic heterocycles. The molecule has 0 bridgehead atoms. The summed E-state index contributed by atoms with van der Waals surface area (Å²) in [7, 11) is 0. The lowest BCUT2D eigenvalue weighted by molar-refractivity contribution is -0.137. The number of imide groups is 1. The Kier molecular flexibility index (Phi) is 5.76. The second-order valence-electron chi connectivity index (χ2n) is 8.52. The molecule has 1 saturated heterocycles. The number of hydrogen-bond acceptors (Lipinski definition) is 4. The summed E-state index contributed by atoms with van der Waals surface area (Å²) in [5.74, 6) is -0.219. The molecule has 3 atom stereocenters. The van der Waals surface area contributed by atoms with Crippen molar-refractivity contribution in [2.75, 3.05) is 19.6 Å². The molecule has 0 aromatic rings. The Labute approximate surface area is 150 Å². The van der Waals surface area contributed by atoms with Gasteiger partial charge in [0.25, 0.3) is 5.91 Å². The van der Waals surface area contributed by atoms with Crippen LogP contribution in [0.2, 0.25) is 0 Å². The number of urea groups is 1. The lowest BCUT2D eigenvalue weighted by atomic mass is 9.64. The maximum absolute atomic E-state index is 13.0. The van der Waals surface area contributed by atoms with Gasteiger partial charge in [0.15, 0.2) is 0 Å². The fourth-order valence-electron chi connectivity index (χ4n) is 4.54. The highest BCUT2D eigenvalue weighted by molar-refractivity contribution is 6.09. The number of nitrogens with zero attached hydrogens (tertiary/aromatic N) is 1. The average molecular weight is 352 g/mol. The van der Waals surface area contributed by atoms with Crippen LogP contribution >= 0.6 is 0 Å². The Hall–Kier alpha value is -1.63. The van der Waals surface area contributed by atoms with Crippen LogP contribution in [-0.2, 0) is 9.59 Å². The normalized spacial score (nSPS) is 29.6. The SMILES string of the molecule is CCN[C@H](C)CNC(=O)CN1C(=O)NC2(CC(C)CC(C)(C)C2)C1=O. The topological polar surface area (TPSA) is 90.5 Å². The second-order valence-corrected chi connectivity index (χ2v) is 8.52. The Balaban J connectivity index is 2.00. The summed E-state index contributed by atoms with van der Waals surface area (Å²) in [6.07, 6.45) is 2.28. The minimum absolute atomic E-state index is 0.0138. The average Bonchev–Trinajstić information content (AvgIpc) is 2.67. The summed E-state index contributed by atoms with van der Waals surface area (Å²) >= 11 is 0. The molecule has 1 heterocycles. The number of hydrogen-bond donors (Lipinski definition) is 3. The van der Waals surface area contributed by atoms with Gasteiger partial charge in [-0.25, -0.2) is 4.79 Å². The molecule has 3 N–H and O–H groups in total. The van der Waals surface area contributed by atoms with Crippen LogP contribution in [0.25, 0.3) is 0 Å². The number of nitrogens with one attached hydrogen (secondary N) is 3. The van der Waals surface area contributed by atoms with E-state index in [0.29, 0.717) is 25.3 Å². The lowest BCUT2D eigenvalue weighted by Gasteiger charge is -2.43. The van der Waals surface area contributed by atoms with E-state index in [-0.39, 0.29) is 29.8 Å². The predicted octanol–water partition coefficient (Wildman–Crippen LogP) is 1.24. The molecule has 1 aliphatic carbocycles. The van der Waals surface area contributed by atoms with E-state index in [2.05, 4.69) is 36.7 Å². The zero-order valence-electron chi connectivity index (χ0n) is 16.1. The number of likely N-dealkylation sites (N-methyl/N-ethyl adjacent to an activating group) is 1. The third-order valence-electron chi connectivity index (χ3n) is 5.08. The standard InChI is InChI=1S/C18H32N4O3/c1-6-19-13(3)9-20-14(23)10-22-15(24)18(21-16(22)25)8-12(2)7-17(4,5)11-18/h12-13,19H,6-11H2,1-5H3,(H,20,23)(H,21,25)/t12?,13-,18?/m1/s1. The highest BCUT2D eigenvalue weighted by Gasteiger charge is 2.56. The van der Waals surface area contributed by atoms with E-state index >= 15 is 0 Å². The van der Waals surface area contributed by atoms with Crippen molar-refractivity contribution in [2.45, 2.75) is 65.5 Å². The van der Waals surface area contributed by atoms with Gasteiger partial charge in [-0.1, -0.05) is 27.7 Å². The van der Waals surface area contributed by atoms with Crippen molar-refractivity contribution in [3.8, 4) is 0 Å². The Bertz CT molecular complexity index is 548. The van der Waals surface area contributed by atoms with Crippen LogP contribution in [0, 0.1) is 11.3 Å². The second kappa shape index (κ2) is 7.32. The molecule has 7 nitrogen and oxygen atoms in total. The molecule has 2 unspecified atom stereocenters. The molecular formula is C18H32N4O3. The van der Waals surface area contributed by atoms with Gasteiger partial charge in [-0.3, -0.25) is 14.5 Å². The lowest BCUT2D eigenvalue weighted by Crippen LogP contribution is -2.54. The molecule has 7 heteroatoms. The molecule has 0 aromatic heterocycles. The van der Waals surface area contributed by atoms with Crippen LogP contribution in [0.4, 0.5) is 4.79 Å². The van der Waals surface area contributed by atoms with Crippen LogP contribution in [0.3, 0.4) is 0 Å². The number of amides is 4. The number of rotatable bonds is 6. The molecule has 2 aliphatic rings. The summed E-state index contributed by atoms with van der Waals surface area (Å²) in [5.41, 5.74) is -0.865. The largest absolute Gasteiger partial charge is 0.353 e. The first-order valence-electron chi connectivity index (χ1n) is 9.23. The van der Waals surface area contributed by atoms with E-state index in [1.807, 2.05) is 13.8 Å². The zero-order valence-corrected chi connectivity index (χ0v) is 16.1. The van der Waals surface area contributed by atoms with E-state index in [1.165, 1.54) is 0 Å². The van der Waals surface area contributed by atoms with Crippen molar-refractivity contribution in [3.63, 3.8) is 0 Å². The maximum atomic E-state index is 13.0. The van der Waals surface area contributed by atoms with Crippen molar-refractivity contribution >= 4 is 17.8 Å². The van der Waals surface area contributed by atoms with Crippen molar-refractivity contribution in [1.82, 2.24) is 20.9 Å². The molecule has 0 radical (unpaired) electrons. The highest BCUT2D eigenvalue weighted by Crippen LogP contribution is 2.46. The van der Waals surface area contributed by atoms with E-state index in [4.69, 9.17) is 0 Å². The third-order valence-corrected chi connectivity index (χ3v) is 5.08. The Morgan fingerprint density at radius 1 is 1.36 bits per heavy atom. The first kappa shape index (κ1) is 19.7. The van der Waals surface area contributed by atoms with Crippen LogP contribution in [-0.4, -0.2) is 54.0 Å². The van der Waals surface area contributed by atoms with Crippen molar-refractivity contribution in [2.24, 2.45) is 11.3 Å². The van der Waals surface area contributed by atoms with Gasteiger partial charge in [0.2, 0.25) is 5.91 Å². The van der Waals surface area contributed by atoms with Crippen LogP contribution in [0.5, 0.6) is 0 Å². The Morgan fingerprint density at radius 3 is 2.64 bits per heavy atom. The summed E-state index contributed by atoms with van der Waals surface area (Å²) < 4.78 is 0. The molecule has 1 saturated carbocycles. The van der Waals surface area contributed by atoms with Crippen molar-refractivity contribution in [3.05, 3.63) is 0 Å². The molecule has 142 valence electrons. The first-order chi connectivity index (χ1) is 11.6. The molecule has 1 spiro atoms. The van der Waals surface area contributed by atoms with Crippen molar-refractivity contribution < 1.29 is 14.4 Å². The number of carbonyl (C=O) groups excluding carboxylic acids is 3. The van der Waals surface area contributed by atoms with Gasteiger partial charge in [-0.05, 0) is 44.1 Å². The van der Waals surface area contributed by atoms with Gasteiger partial charge >= 0.3 is 6.03 Å².